The maximum Gasteiger partial charge on any atom is 0.418 e. The van der Waals surface area contributed by atoms with Crippen LogP contribution in [0, 0.1) is 3.57 Å². The van der Waals surface area contributed by atoms with Crippen LogP contribution in [0.15, 0.2) is 30.5 Å². The van der Waals surface area contributed by atoms with E-state index >= 15 is 0 Å². The molecule has 0 aliphatic carbocycles. The molecule has 0 radical (unpaired) electrons. The average molecular weight is 395 g/mol. The van der Waals surface area contributed by atoms with Crippen molar-refractivity contribution in [1.82, 2.24) is 10.2 Å². The van der Waals surface area contributed by atoms with Crippen molar-refractivity contribution in [2.75, 3.05) is 11.9 Å². The monoisotopic (exact) mass is 395 g/mol. The van der Waals surface area contributed by atoms with Gasteiger partial charge in [-0.25, -0.2) is 0 Å². The molecule has 0 saturated carbocycles. The number of carbonyl (C=O) groups excluding carboxylic acids is 1. The molecule has 1 amide bonds. The Bertz CT molecular complexity index is 625. The average Bonchev–Trinajstić information content (AvgIpc) is 2.89. The van der Waals surface area contributed by atoms with Gasteiger partial charge in [0.05, 0.1) is 11.3 Å². The van der Waals surface area contributed by atoms with Crippen molar-refractivity contribution in [2.45, 2.75) is 6.18 Å². The van der Waals surface area contributed by atoms with Crippen LogP contribution in [0.25, 0.3) is 0 Å². The van der Waals surface area contributed by atoms with Crippen LogP contribution in [-0.4, -0.2) is 23.2 Å². The first-order chi connectivity index (χ1) is 9.30. The Balaban J connectivity index is 2.45. The summed E-state index contributed by atoms with van der Waals surface area (Å²) in [7, 11) is 1.29. The van der Waals surface area contributed by atoms with Gasteiger partial charge in [0, 0.05) is 16.8 Å². The van der Waals surface area contributed by atoms with Crippen LogP contribution in [-0.2, 0) is 6.18 Å². The SMILES string of the molecule is CN(C(=O)c1ccn[nH]1)c1ccc(I)cc1C(F)(F)F. The Morgan fingerprint density at radius 2 is 2.05 bits per heavy atom. The van der Waals surface area contributed by atoms with E-state index in [1.54, 1.807) is 22.6 Å². The molecule has 0 saturated heterocycles. The fourth-order valence-corrected chi connectivity index (χ4v) is 2.18. The molecule has 0 atom stereocenters. The second kappa shape index (κ2) is 5.43. The molecule has 4 nitrogen and oxygen atoms in total. The zero-order valence-corrected chi connectivity index (χ0v) is 12.4. The number of rotatable bonds is 2. The van der Waals surface area contributed by atoms with Crippen LogP contribution in [0.2, 0.25) is 0 Å². The first kappa shape index (κ1) is 14.8. The van der Waals surface area contributed by atoms with E-state index in [-0.39, 0.29) is 11.4 Å². The number of nitrogens with one attached hydrogen (secondary N) is 1. The topological polar surface area (TPSA) is 49.0 Å². The summed E-state index contributed by atoms with van der Waals surface area (Å²) in [6.07, 6.45) is -3.17. The van der Waals surface area contributed by atoms with E-state index in [9.17, 15) is 18.0 Å². The predicted octanol–water partition coefficient (Wildman–Crippen LogP) is 3.31. The Morgan fingerprint density at radius 3 is 2.60 bits per heavy atom. The lowest BCUT2D eigenvalue weighted by Crippen LogP contribution is -2.29. The zero-order chi connectivity index (χ0) is 14.9. The van der Waals surface area contributed by atoms with Crippen molar-refractivity contribution in [3.05, 3.63) is 45.3 Å². The van der Waals surface area contributed by atoms with Crippen LogP contribution in [0.1, 0.15) is 16.1 Å². The minimum Gasteiger partial charge on any atom is -0.310 e. The van der Waals surface area contributed by atoms with Gasteiger partial charge in [0.25, 0.3) is 5.91 Å². The summed E-state index contributed by atoms with van der Waals surface area (Å²) in [6, 6.07) is 5.20. The Morgan fingerprint density at radius 1 is 1.35 bits per heavy atom. The highest BCUT2D eigenvalue weighted by molar-refractivity contribution is 14.1. The third kappa shape index (κ3) is 2.94. The summed E-state index contributed by atoms with van der Waals surface area (Å²) in [6.45, 7) is 0. The number of amides is 1. The van der Waals surface area contributed by atoms with Gasteiger partial charge < -0.3 is 4.90 Å². The highest BCUT2D eigenvalue weighted by atomic mass is 127. The summed E-state index contributed by atoms with van der Waals surface area (Å²) in [5.41, 5.74) is -0.920. The molecule has 0 bridgehead atoms. The molecule has 1 N–H and O–H groups in total. The molecule has 0 unspecified atom stereocenters. The molecule has 2 aromatic rings. The number of nitrogens with zero attached hydrogens (tertiary/aromatic N) is 2. The Kier molecular flexibility index (Phi) is 4.02. The molecule has 1 aromatic heterocycles. The highest BCUT2D eigenvalue weighted by Gasteiger charge is 2.35. The van der Waals surface area contributed by atoms with Gasteiger partial charge in [0.15, 0.2) is 0 Å². The number of hydrogen-bond acceptors (Lipinski definition) is 2. The summed E-state index contributed by atoms with van der Waals surface area (Å²) >= 11 is 1.79. The number of anilines is 1. The fraction of sp³-hybridized carbons (Fsp3) is 0.167. The van der Waals surface area contributed by atoms with E-state index in [1.165, 1.54) is 31.4 Å². The number of benzene rings is 1. The Labute approximate surface area is 126 Å². The molecular formula is C12H9F3IN3O. The molecule has 0 spiro atoms. The molecule has 8 heteroatoms. The van der Waals surface area contributed by atoms with Crippen LogP contribution in [0.3, 0.4) is 0 Å². The minimum atomic E-state index is -4.53. The van der Waals surface area contributed by atoms with Crippen molar-refractivity contribution < 1.29 is 18.0 Å². The van der Waals surface area contributed by atoms with Crippen molar-refractivity contribution in [3.8, 4) is 0 Å². The highest BCUT2D eigenvalue weighted by Crippen LogP contribution is 2.37. The van der Waals surface area contributed by atoms with E-state index in [0.717, 1.165) is 11.0 Å². The zero-order valence-electron chi connectivity index (χ0n) is 10.2. The van der Waals surface area contributed by atoms with Gasteiger partial charge in [0.1, 0.15) is 5.69 Å². The first-order valence-corrected chi connectivity index (χ1v) is 6.53. The third-order valence-electron chi connectivity index (χ3n) is 2.66. The quantitative estimate of drug-likeness (QED) is 0.794. The van der Waals surface area contributed by atoms with Crippen molar-refractivity contribution in [2.24, 2.45) is 0 Å². The third-order valence-corrected chi connectivity index (χ3v) is 3.33. The van der Waals surface area contributed by atoms with E-state index < -0.39 is 17.6 Å². The number of aromatic nitrogens is 2. The minimum absolute atomic E-state index is 0.124. The van der Waals surface area contributed by atoms with Crippen molar-refractivity contribution in [3.63, 3.8) is 0 Å². The maximum atomic E-state index is 13.0. The lowest BCUT2D eigenvalue weighted by molar-refractivity contribution is -0.137. The van der Waals surface area contributed by atoms with Gasteiger partial charge in [0.2, 0.25) is 0 Å². The molecule has 0 aliphatic rings. The second-order valence-electron chi connectivity index (χ2n) is 3.99. The van der Waals surface area contributed by atoms with Gasteiger partial charge in [-0.2, -0.15) is 18.3 Å². The molecule has 20 heavy (non-hydrogen) atoms. The standard InChI is InChI=1S/C12H9F3IN3O/c1-19(11(20)9-4-5-17-18-9)10-3-2-7(16)6-8(10)12(13,14)15/h2-6H,1H3,(H,17,18). The van der Waals surface area contributed by atoms with E-state index in [2.05, 4.69) is 10.2 Å². The summed E-state index contributed by atoms with van der Waals surface area (Å²) in [5, 5.41) is 6.04. The van der Waals surface area contributed by atoms with Gasteiger partial charge in [-0.3, -0.25) is 9.89 Å². The number of alkyl halides is 3. The Hall–Kier alpha value is -1.58. The number of hydrogen-bond donors (Lipinski definition) is 1. The van der Waals surface area contributed by atoms with Crippen LogP contribution < -0.4 is 4.90 Å². The number of aromatic amines is 1. The largest absolute Gasteiger partial charge is 0.418 e. The normalized spacial score (nSPS) is 11.4. The van der Waals surface area contributed by atoms with E-state index in [1.807, 2.05) is 0 Å². The number of H-pyrrole nitrogens is 1. The smallest absolute Gasteiger partial charge is 0.310 e. The second-order valence-corrected chi connectivity index (χ2v) is 5.24. The van der Waals surface area contributed by atoms with Crippen molar-refractivity contribution >= 4 is 34.2 Å². The van der Waals surface area contributed by atoms with E-state index in [4.69, 9.17) is 0 Å². The fourth-order valence-electron chi connectivity index (χ4n) is 1.69. The van der Waals surface area contributed by atoms with Crippen LogP contribution in [0.5, 0.6) is 0 Å². The predicted molar refractivity (Wildman–Crippen MR) is 75.5 cm³/mol. The summed E-state index contributed by atoms with van der Waals surface area (Å²) < 4.78 is 39.5. The van der Waals surface area contributed by atoms with Gasteiger partial charge in [-0.05, 0) is 46.9 Å². The molecule has 0 aliphatic heterocycles. The molecule has 106 valence electrons. The summed E-state index contributed by atoms with van der Waals surface area (Å²) in [5.74, 6) is -0.589. The first-order valence-electron chi connectivity index (χ1n) is 5.45. The lowest BCUT2D eigenvalue weighted by Gasteiger charge is -2.21. The van der Waals surface area contributed by atoms with E-state index in [0.29, 0.717) is 3.57 Å². The van der Waals surface area contributed by atoms with Crippen LogP contribution >= 0.6 is 22.6 Å². The summed E-state index contributed by atoms with van der Waals surface area (Å²) in [4.78, 5) is 13.0. The molecule has 2 rings (SSSR count). The van der Waals surface area contributed by atoms with Crippen LogP contribution in [0.4, 0.5) is 18.9 Å². The number of halogens is 4. The molecule has 1 heterocycles. The maximum absolute atomic E-state index is 13.0. The molecule has 1 aromatic carbocycles. The van der Waals surface area contributed by atoms with Crippen molar-refractivity contribution in [1.29, 1.82) is 0 Å². The number of carbonyl (C=O) groups is 1. The lowest BCUT2D eigenvalue weighted by atomic mass is 10.1. The molecule has 0 fully saturated rings. The van der Waals surface area contributed by atoms with Gasteiger partial charge in [-0.15, -0.1) is 0 Å². The molecular weight excluding hydrogens is 386 g/mol. The van der Waals surface area contributed by atoms with Gasteiger partial charge in [-0.1, -0.05) is 0 Å². The van der Waals surface area contributed by atoms with Gasteiger partial charge >= 0.3 is 6.18 Å².